The van der Waals surface area contributed by atoms with Crippen LogP contribution in [-0.4, -0.2) is 5.91 Å². The predicted octanol–water partition coefficient (Wildman–Crippen LogP) is 2.91. The van der Waals surface area contributed by atoms with Crippen molar-refractivity contribution in [1.82, 2.24) is 0 Å². The first-order chi connectivity index (χ1) is 7.25. The van der Waals surface area contributed by atoms with Gasteiger partial charge >= 0.3 is 0 Å². The van der Waals surface area contributed by atoms with Crippen LogP contribution in [0.1, 0.15) is 48.5 Å². The van der Waals surface area contributed by atoms with E-state index in [1.165, 1.54) is 19.3 Å². The van der Waals surface area contributed by atoms with E-state index in [-0.39, 0.29) is 5.91 Å². The summed E-state index contributed by atoms with van der Waals surface area (Å²) in [7, 11) is 0. The summed E-state index contributed by atoms with van der Waals surface area (Å²) in [6.45, 7) is 2.19. The highest BCUT2D eigenvalue weighted by Crippen LogP contribution is 2.12. The standard InChI is InChI=1S/C13H19NO/c1-2-3-4-5-8-11-9-6-7-10-12(11)13(14)15/h6-7,9-10H,2-5,8H2,1H3,(H2,14,15). The van der Waals surface area contributed by atoms with E-state index in [4.69, 9.17) is 5.73 Å². The second-order valence-electron chi connectivity index (χ2n) is 3.83. The van der Waals surface area contributed by atoms with E-state index in [2.05, 4.69) is 6.92 Å². The third-order valence-electron chi connectivity index (χ3n) is 2.58. The van der Waals surface area contributed by atoms with E-state index in [1.54, 1.807) is 6.07 Å². The van der Waals surface area contributed by atoms with Crippen molar-refractivity contribution in [2.45, 2.75) is 39.0 Å². The van der Waals surface area contributed by atoms with Gasteiger partial charge in [-0.05, 0) is 24.5 Å². The number of primary amides is 1. The average Bonchev–Trinajstić information content (AvgIpc) is 2.25. The van der Waals surface area contributed by atoms with Crippen molar-refractivity contribution in [3.63, 3.8) is 0 Å². The maximum absolute atomic E-state index is 11.1. The largest absolute Gasteiger partial charge is 0.366 e. The Morgan fingerprint density at radius 1 is 1.20 bits per heavy atom. The smallest absolute Gasteiger partial charge is 0.248 e. The van der Waals surface area contributed by atoms with Crippen molar-refractivity contribution in [2.75, 3.05) is 0 Å². The molecule has 1 rings (SSSR count). The van der Waals surface area contributed by atoms with E-state index in [9.17, 15) is 4.79 Å². The maximum atomic E-state index is 11.1. The van der Waals surface area contributed by atoms with Crippen LogP contribution in [0, 0.1) is 0 Å². The van der Waals surface area contributed by atoms with Crippen LogP contribution in [0.3, 0.4) is 0 Å². The van der Waals surface area contributed by atoms with Gasteiger partial charge in [-0.25, -0.2) is 0 Å². The van der Waals surface area contributed by atoms with Gasteiger partial charge in [-0.2, -0.15) is 0 Å². The lowest BCUT2D eigenvalue weighted by Crippen LogP contribution is -2.13. The maximum Gasteiger partial charge on any atom is 0.248 e. The fraction of sp³-hybridized carbons (Fsp3) is 0.462. The average molecular weight is 205 g/mol. The van der Waals surface area contributed by atoms with Crippen LogP contribution < -0.4 is 5.73 Å². The summed E-state index contributed by atoms with van der Waals surface area (Å²) in [4.78, 5) is 11.1. The van der Waals surface area contributed by atoms with Gasteiger partial charge in [0.05, 0.1) is 0 Å². The van der Waals surface area contributed by atoms with Crippen LogP contribution in [-0.2, 0) is 6.42 Å². The van der Waals surface area contributed by atoms with E-state index in [0.717, 1.165) is 18.4 Å². The second-order valence-corrected chi connectivity index (χ2v) is 3.83. The zero-order valence-corrected chi connectivity index (χ0v) is 9.33. The molecule has 0 aromatic heterocycles. The van der Waals surface area contributed by atoms with Gasteiger partial charge in [0.2, 0.25) is 5.91 Å². The molecule has 0 atom stereocenters. The zero-order chi connectivity index (χ0) is 11.1. The van der Waals surface area contributed by atoms with E-state index in [1.807, 2.05) is 18.2 Å². The van der Waals surface area contributed by atoms with E-state index < -0.39 is 0 Å². The molecule has 0 aliphatic heterocycles. The molecule has 2 nitrogen and oxygen atoms in total. The Morgan fingerprint density at radius 2 is 1.93 bits per heavy atom. The van der Waals surface area contributed by atoms with Gasteiger partial charge in [0.1, 0.15) is 0 Å². The zero-order valence-electron chi connectivity index (χ0n) is 9.33. The first-order valence-corrected chi connectivity index (χ1v) is 5.63. The van der Waals surface area contributed by atoms with Crippen LogP contribution in [0.4, 0.5) is 0 Å². The molecule has 0 saturated carbocycles. The number of rotatable bonds is 6. The SMILES string of the molecule is CCCCCCc1ccccc1C(N)=O. The Hall–Kier alpha value is -1.31. The molecule has 1 aromatic rings. The van der Waals surface area contributed by atoms with Crippen LogP contribution in [0.2, 0.25) is 0 Å². The highest BCUT2D eigenvalue weighted by atomic mass is 16.1. The summed E-state index contributed by atoms with van der Waals surface area (Å²) in [5.41, 5.74) is 7.07. The minimum Gasteiger partial charge on any atom is -0.366 e. The van der Waals surface area contributed by atoms with Gasteiger partial charge in [0.25, 0.3) is 0 Å². The Balaban J connectivity index is 2.56. The Kier molecular flexibility index (Phi) is 4.88. The lowest BCUT2D eigenvalue weighted by molar-refractivity contribution is 0.0999. The summed E-state index contributed by atoms with van der Waals surface area (Å²) in [5.74, 6) is -0.318. The molecule has 0 bridgehead atoms. The molecule has 0 radical (unpaired) electrons. The van der Waals surface area contributed by atoms with Crippen LogP contribution in [0.25, 0.3) is 0 Å². The van der Waals surface area contributed by atoms with E-state index in [0.29, 0.717) is 5.56 Å². The second kappa shape index (κ2) is 6.23. The molecule has 0 saturated heterocycles. The molecule has 0 aliphatic carbocycles. The van der Waals surface area contributed by atoms with E-state index >= 15 is 0 Å². The summed E-state index contributed by atoms with van der Waals surface area (Å²) >= 11 is 0. The molecule has 1 aromatic carbocycles. The quantitative estimate of drug-likeness (QED) is 0.713. The normalized spacial score (nSPS) is 10.2. The molecule has 1 amide bonds. The first kappa shape index (κ1) is 11.8. The van der Waals surface area contributed by atoms with Gasteiger partial charge in [-0.15, -0.1) is 0 Å². The summed E-state index contributed by atoms with van der Waals surface area (Å²) < 4.78 is 0. The van der Waals surface area contributed by atoms with Crippen molar-refractivity contribution in [3.05, 3.63) is 35.4 Å². The molecule has 0 unspecified atom stereocenters. The third-order valence-corrected chi connectivity index (χ3v) is 2.58. The number of unbranched alkanes of at least 4 members (excludes halogenated alkanes) is 3. The third kappa shape index (κ3) is 3.74. The summed E-state index contributed by atoms with van der Waals surface area (Å²) in [6.07, 6.45) is 5.82. The molecule has 0 fully saturated rings. The lowest BCUT2D eigenvalue weighted by Gasteiger charge is -2.05. The molecule has 2 heteroatoms. The molecule has 82 valence electrons. The summed E-state index contributed by atoms with van der Waals surface area (Å²) in [5, 5.41) is 0. The Labute approximate surface area is 91.5 Å². The van der Waals surface area contributed by atoms with Crippen molar-refractivity contribution in [2.24, 2.45) is 5.73 Å². The van der Waals surface area contributed by atoms with Gasteiger partial charge in [-0.3, -0.25) is 4.79 Å². The lowest BCUT2D eigenvalue weighted by atomic mass is 10.0. The number of benzene rings is 1. The molecule has 0 spiro atoms. The summed E-state index contributed by atoms with van der Waals surface area (Å²) in [6, 6.07) is 7.61. The van der Waals surface area contributed by atoms with Crippen LogP contribution in [0.15, 0.2) is 24.3 Å². The Bertz CT molecular complexity index is 320. The van der Waals surface area contributed by atoms with Crippen molar-refractivity contribution >= 4 is 5.91 Å². The fourth-order valence-corrected chi connectivity index (χ4v) is 1.72. The number of hydrogen-bond acceptors (Lipinski definition) is 1. The molecular weight excluding hydrogens is 186 g/mol. The van der Waals surface area contributed by atoms with Crippen molar-refractivity contribution in [3.8, 4) is 0 Å². The van der Waals surface area contributed by atoms with Gasteiger partial charge in [0.15, 0.2) is 0 Å². The minimum atomic E-state index is -0.318. The molecule has 0 heterocycles. The molecule has 2 N–H and O–H groups in total. The highest BCUT2D eigenvalue weighted by molar-refractivity contribution is 5.94. The number of carbonyl (C=O) groups is 1. The Morgan fingerprint density at radius 3 is 2.60 bits per heavy atom. The molecule has 15 heavy (non-hydrogen) atoms. The first-order valence-electron chi connectivity index (χ1n) is 5.63. The van der Waals surface area contributed by atoms with Gasteiger partial charge < -0.3 is 5.73 Å². The minimum absolute atomic E-state index is 0.318. The van der Waals surface area contributed by atoms with Crippen LogP contribution >= 0.6 is 0 Å². The topological polar surface area (TPSA) is 43.1 Å². The predicted molar refractivity (Wildman–Crippen MR) is 62.8 cm³/mol. The fourth-order valence-electron chi connectivity index (χ4n) is 1.72. The van der Waals surface area contributed by atoms with Crippen molar-refractivity contribution < 1.29 is 4.79 Å². The highest BCUT2D eigenvalue weighted by Gasteiger charge is 2.05. The number of amides is 1. The van der Waals surface area contributed by atoms with Crippen molar-refractivity contribution in [1.29, 1.82) is 0 Å². The number of hydrogen-bond donors (Lipinski definition) is 1. The van der Waals surface area contributed by atoms with Crippen LogP contribution in [0.5, 0.6) is 0 Å². The number of carbonyl (C=O) groups excluding carboxylic acids is 1. The monoisotopic (exact) mass is 205 g/mol. The number of nitrogens with two attached hydrogens (primary N) is 1. The molecular formula is C13H19NO. The number of aryl methyl sites for hydroxylation is 1. The molecule has 0 aliphatic rings. The van der Waals surface area contributed by atoms with Gasteiger partial charge in [0, 0.05) is 5.56 Å². The van der Waals surface area contributed by atoms with Gasteiger partial charge in [-0.1, -0.05) is 44.4 Å².